The van der Waals surface area contributed by atoms with E-state index in [0.717, 1.165) is 8.97 Å². The summed E-state index contributed by atoms with van der Waals surface area (Å²) in [4.78, 5) is 2.46. The number of hydrogen-bond donors (Lipinski definition) is 0. The van der Waals surface area contributed by atoms with Crippen LogP contribution in [0.15, 0.2) is 0 Å². The largest absolute Gasteiger partial charge is 1.00 e. The van der Waals surface area contributed by atoms with Gasteiger partial charge in [-0.05, 0) is 7.05 Å². The lowest BCUT2D eigenvalue weighted by Gasteiger charge is -2.27. The van der Waals surface area contributed by atoms with Crippen LogP contribution in [-0.2, 0) is 0 Å². The third-order valence-electron chi connectivity index (χ3n) is 2.74. The van der Waals surface area contributed by atoms with Crippen LogP contribution in [-0.4, -0.2) is 89.4 Å². The van der Waals surface area contributed by atoms with Crippen LogP contribution in [0.5, 0.6) is 0 Å². The van der Waals surface area contributed by atoms with Gasteiger partial charge in [0.15, 0.2) is 0 Å². The highest BCUT2D eigenvalue weighted by Crippen LogP contribution is 1.98. The van der Waals surface area contributed by atoms with Gasteiger partial charge in [-0.2, -0.15) is 0 Å². The fourth-order valence-electron chi connectivity index (χ4n) is 1.74. The molecule has 0 aromatic heterocycles. The molecule has 0 rings (SSSR count). The third kappa shape index (κ3) is 24.2. The summed E-state index contributed by atoms with van der Waals surface area (Å²) in [6, 6.07) is 0. The van der Waals surface area contributed by atoms with Crippen molar-refractivity contribution >= 4 is 12.4 Å². The van der Waals surface area contributed by atoms with Gasteiger partial charge in [0.25, 0.3) is 0 Å². The summed E-state index contributed by atoms with van der Waals surface area (Å²) in [6.45, 7) is 4.98. The summed E-state index contributed by atoms with van der Waals surface area (Å²) in [7, 11) is 15.8. The highest BCUT2D eigenvalue weighted by molar-refractivity contribution is 5.85. The Bertz CT molecular complexity index is 169. The minimum Gasteiger partial charge on any atom is -1.00 e. The second kappa shape index (κ2) is 12.5. The molecule has 0 radical (unpaired) electrons. The molecule has 0 aromatic carbocycles. The van der Waals surface area contributed by atoms with Crippen LogP contribution in [0.3, 0.4) is 0 Å². The van der Waals surface area contributed by atoms with Gasteiger partial charge in [-0.25, -0.2) is 0 Å². The predicted octanol–water partition coefficient (Wildman–Crippen LogP) is -4.46. The van der Waals surface area contributed by atoms with Crippen molar-refractivity contribution in [2.75, 3.05) is 75.5 Å². The summed E-state index contributed by atoms with van der Waals surface area (Å²) in [5.74, 6) is 0. The molecule has 6 heteroatoms. The van der Waals surface area contributed by atoms with Gasteiger partial charge in [0.2, 0.25) is 0 Å². The van der Waals surface area contributed by atoms with Crippen molar-refractivity contribution in [1.29, 1.82) is 0 Å². The van der Waals surface area contributed by atoms with Crippen molar-refractivity contribution in [3.8, 4) is 0 Å². The lowest BCUT2D eigenvalue weighted by atomic mass is 10.3. The van der Waals surface area contributed by atoms with E-state index in [9.17, 15) is 0 Å². The fourth-order valence-corrected chi connectivity index (χ4v) is 1.74. The van der Waals surface area contributed by atoms with Crippen molar-refractivity contribution in [3.63, 3.8) is 0 Å². The van der Waals surface area contributed by atoms with E-state index in [1.165, 1.54) is 39.0 Å². The first-order valence-electron chi connectivity index (χ1n) is 6.40. The summed E-state index contributed by atoms with van der Waals surface area (Å²) in [5, 5.41) is 0. The quantitative estimate of drug-likeness (QED) is 0.404. The highest BCUT2D eigenvalue weighted by atomic mass is 35.5. The maximum Gasteiger partial charge on any atom is 0.0792 e. The number of halogens is 3. The van der Waals surface area contributed by atoms with Crippen LogP contribution in [0.25, 0.3) is 0 Å². The Kier molecular flexibility index (Phi) is 18.4. The van der Waals surface area contributed by atoms with Crippen molar-refractivity contribution in [3.05, 3.63) is 0 Å². The SMILES string of the molecule is CN(CCC[N+](C)(C)C)CCC[N+](C)(C)C.Cl.[Cl-].[Cl-]. The molecule has 0 aromatic rings. The lowest BCUT2D eigenvalue weighted by Crippen LogP contribution is -3.00. The molecule has 0 spiro atoms. The molecular formula is C13H34Cl3N3. The van der Waals surface area contributed by atoms with E-state index in [1.54, 1.807) is 0 Å². The molecule has 0 aliphatic rings. The number of rotatable bonds is 8. The third-order valence-corrected chi connectivity index (χ3v) is 2.74. The van der Waals surface area contributed by atoms with Gasteiger partial charge in [-0.3, -0.25) is 0 Å². The van der Waals surface area contributed by atoms with Crippen molar-refractivity contribution < 1.29 is 33.8 Å². The molecule has 0 bridgehead atoms. The van der Waals surface area contributed by atoms with Gasteiger partial charge in [-0.15, -0.1) is 12.4 Å². The minimum atomic E-state index is 0. The van der Waals surface area contributed by atoms with Gasteiger partial charge in [0.05, 0.1) is 55.4 Å². The molecule has 0 unspecified atom stereocenters. The van der Waals surface area contributed by atoms with Crippen LogP contribution in [0.2, 0.25) is 0 Å². The second-order valence-corrected chi connectivity index (χ2v) is 7.04. The molecule has 0 aliphatic heterocycles. The first-order chi connectivity index (χ1) is 7.10. The molecule has 0 fully saturated rings. The maximum atomic E-state index is 2.46. The Morgan fingerprint density at radius 2 is 0.947 bits per heavy atom. The maximum absolute atomic E-state index is 2.46. The van der Waals surface area contributed by atoms with E-state index in [0.29, 0.717) is 0 Å². The average molecular weight is 339 g/mol. The number of quaternary nitrogens is 2. The number of hydrogen-bond acceptors (Lipinski definition) is 1. The molecule has 0 amide bonds. The zero-order valence-electron chi connectivity index (χ0n) is 13.7. The Hall–Kier alpha value is 0.750. The Labute approximate surface area is 139 Å². The first kappa shape index (κ1) is 28.0. The molecule has 0 atom stereocenters. The lowest BCUT2D eigenvalue weighted by molar-refractivity contribution is -0.870. The van der Waals surface area contributed by atoms with E-state index < -0.39 is 0 Å². The van der Waals surface area contributed by atoms with E-state index >= 15 is 0 Å². The van der Waals surface area contributed by atoms with Gasteiger partial charge >= 0.3 is 0 Å². The molecular weight excluding hydrogens is 305 g/mol. The van der Waals surface area contributed by atoms with Gasteiger partial charge in [0.1, 0.15) is 0 Å². The van der Waals surface area contributed by atoms with Crippen LogP contribution in [0.4, 0.5) is 0 Å². The van der Waals surface area contributed by atoms with E-state index in [2.05, 4.69) is 54.2 Å². The Balaban J connectivity index is -0.000000375. The fraction of sp³-hybridized carbons (Fsp3) is 1.00. The first-order valence-corrected chi connectivity index (χ1v) is 6.40. The van der Waals surface area contributed by atoms with Crippen molar-refractivity contribution in [1.82, 2.24) is 4.90 Å². The molecule has 0 heterocycles. The van der Waals surface area contributed by atoms with E-state index in [-0.39, 0.29) is 37.2 Å². The summed E-state index contributed by atoms with van der Waals surface area (Å²) in [5.41, 5.74) is 0. The summed E-state index contributed by atoms with van der Waals surface area (Å²) < 4.78 is 2.15. The molecule has 0 aliphatic carbocycles. The Morgan fingerprint density at radius 3 is 1.16 bits per heavy atom. The molecule has 0 saturated heterocycles. The zero-order chi connectivity index (χ0) is 12.8. The molecule has 3 nitrogen and oxygen atoms in total. The summed E-state index contributed by atoms with van der Waals surface area (Å²) in [6.07, 6.45) is 2.59. The van der Waals surface area contributed by atoms with Crippen LogP contribution < -0.4 is 24.8 Å². The normalized spacial score (nSPS) is 11.4. The van der Waals surface area contributed by atoms with Crippen LogP contribution >= 0.6 is 12.4 Å². The highest BCUT2D eigenvalue weighted by Gasteiger charge is 2.09. The van der Waals surface area contributed by atoms with Crippen LogP contribution in [0, 0.1) is 0 Å². The van der Waals surface area contributed by atoms with Crippen LogP contribution in [0.1, 0.15) is 12.8 Å². The zero-order valence-corrected chi connectivity index (χ0v) is 16.1. The Morgan fingerprint density at radius 1 is 0.684 bits per heavy atom. The predicted molar refractivity (Wildman–Crippen MR) is 79.8 cm³/mol. The van der Waals surface area contributed by atoms with Crippen molar-refractivity contribution in [2.45, 2.75) is 12.8 Å². The van der Waals surface area contributed by atoms with Gasteiger partial charge < -0.3 is 38.7 Å². The van der Waals surface area contributed by atoms with Gasteiger partial charge in [0, 0.05) is 25.9 Å². The van der Waals surface area contributed by atoms with Crippen molar-refractivity contribution in [2.24, 2.45) is 0 Å². The second-order valence-electron chi connectivity index (χ2n) is 7.04. The molecule has 19 heavy (non-hydrogen) atoms. The molecule has 122 valence electrons. The van der Waals surface area contributed by atoms with E-state index in [4.69, 9.17) is 0 Å². The monoisotopic (exact) mass is 337 g/mol. The number of nitrogens with zero attached hydrogens (tertiary/aromatic N) is 3. The standard InChI is InChI=1S/C13H33N3.3ClH/c1-14(10-8-12-15(2,3)4)11-9-13-16(5,6)7;;;/h8-13H2,1-7H3;3*1H/q+2;;;/p-2. The van der Waals surface area contributed by atoms with E-state index in [1.807, 2.05) is 0 Å². The summed E-state index contributed by atoms with van der Waals surface area (Å²) >= 11 is 0. The van der Waals surface area contributed by atoms with Gasteiger partial charge in [-0.1, -0.05) is 0 Å². The smallest absolute Gasteiger partial charge is 0.0792 e. The molecule has 0 saturated carbocycles. The minimum absolute atomic E-state index is 0. The average Bonchev–Trinajstić information content (AvgIpc) is 1.98. The topological polar surface area (TPSA) is 3.24 Å². The molecule has 0 N–H and O–H groups in total.